The molecule has 3 fully saturated rings. The molecule has 0 heterocycles. The van der Waals surface area contributed by atoms with Crippen LogP contribution in [0.15, 0.2) is 29.0 Å². The number of allylic oxidation sites excluding steroid dienone is 4. The number of hydrogen-bond acceptors (Lipinski definition) is 3. The third-order valence-corrected chi connectivity index (χ3v) is 10.6. The SMILES string of the molecule is CO/N=C1\C=C2C(CCC3(C)C2CCC3C(C)/C=C/C(C)C(C)C)C2(C)CCC(O)CC12. The quantitative estimate of drug-likeness (QED) is 0.368. The van der Waals surface area contributed by atoms with Gasteiger partial charge in [-0.1, -0.05) is 64.4 Å². The van der Waals surface area contributed by atoms with Gasteiger partial charge in [0.1, 0.15) is 7.11 Å². The predicted molar refractivity (Wildman–Crippen MR) is 133 cm³/mol. The van der Waals surface area contributed by atoms with Crippen molar-refractivity contribution in [3.8, 4) is 0 Å². The second kappa shape index (κ2) is 8.93. The molecule has 0 aromatic rings. The molecule has 3 saturated carbocycles. The fraction of sp³-hybridized carbons (Fsp3) is 0.828. The summed E-state index contributed by atoms with van der Waals surface area (Å²) in [7, 11) is 1.66. The molecule has 0 aromatic carbocycles. The van der Waals surface area contributed by atoms with E-state index in [9.17, 15) is 5.11 Å². The summed E-state index contributed by atoms with van der Waals surface area (Å²) < 4.78 is 0. The molecule has 4 rings (SSSR count). The lowest BCUT2D eigenvalue weighted by Crippen LogP contribution is -2.52. The molecule has 32 heavy (non-hydrogen) atoms. The number of rotatable bonds is 5. The van der Waals surface area contributed by atoms with E-state index in [1.807, 2.05) is 0 Å². The topological polar surface area (TPSA) is 41.8 Å². The molecular formula is C29H47NO2. The zero-order valence-electron chi connectivity index (χ0n) is 21.6. The first kappa shape index (κ1) is 24.0. The number of oxime groups is 1. The van der Waals surface area contributed by atoms with E-state index in [4.69, 9.17) is 4.84 Å². The molecule has 4 aliphatic carbocycles. The van der Waals surface area contributed by atoms with Gasteiger partial charge in [-0.2, -0.15) is 0 Å². The Morgan fingerprint density at radius 3 is 2.34 bits per heavy atom. The molecule has 1 N–H and O–H groups in total. The summed E-state index contributed by atoms with van der Waals surface area (Å²) in [6.45, 7) is 14.5. The van der Waals surface area contributed by atoms with Crippen molar-refractivity contribution in [2.24, 2.45) is 57.4 Å². The molecule has 180 valence electrons. The smallest absolute Gasteiger partial charge is 0.106 e. The van der Waals surface area contributed by atoms with Crippen LogP contribution in [0, 0.1) is 52.3 Å². The Bertz CT molecular complexity index is 782. The van der Waals surface area contributed by atoms with Gasteiger partial charge in [0.15, 0.2) is 0 Å². The molecule has 0 spiro atoms. The van der Waals surface area contributed by atoms with Crippen molar-refractivity contribution in [2.75, 3.05) is 7.11 Å². The zero-order valence-corrected chi connectivity index (χ0v) is 21.6. The number of fused-ring (bicyclic) bond motifs is 5. The summed E-state index contributed by atoms with van der Waals surface area (Å²) in [4.78, 5) is 5.31. The van der Waals surface area contributed by atoms with E-state index in [1.165, 1.54) is 25.7 Å². The van der Waals surface area contributed by atoms with Crippen LogP contribution in [0.4, 0.5) is 0 Å². The van der Waals surface area contributed by atoms with E-state index in [-0.39, 0.29) is 11.5 Å². The van der Waals surface area contributed by atoms with Crippen LogP contribution in [0.1, 0.15) is 86.5 Å². The van der Waals surface area contributed by atoms with Gasteiger partial charge >= 0.3 is 0 Å². The Hall–Kier alpha value is -1.09. The van der Waals surface area contributed by atoms with Crippen LogP contribution in [-0.4, -0.2) is 24.0 Å². The lowest BCUT2D eigenvalue weighted by atomic mass is 9.47. The number of aliphatic hydroxyl groups excluding tert-OH is 1. The highest BCUT2D eigenvalue weighted by Gasteiger charge is 2.59. The molecule has 0 aromatic heterocycles. The molecule has 3 nitrogen and oxygen atoms in total. The fourth-order valence-corrected chi connectivity index (χ4v) is 8.17. The van der Waals surface area contributed by atoms with Gasteiger partial charge in [0.25, 0.3) is 0 Å². The van der Waals surface area contributed by atoms with Gasteiger partial charge in [0.05, 0.1) is 11.8 Å². The Morgan fingerprint density at radius 2 is 1.66 bits per heavy atom. The third-order valence-electron chi connectivity index (χ3n) is 10.6. The highest BCUT2D eigenvalue weighted by atomic mass is 16.6. The molecule has 0 amide bonds. The average Bonchev–Trinajstić information content (AvgIpc) is 3.10. The first-order valence-electron chi connectivity index (χ1n) is 13.3. The van der Waals surface area contributed by atoms with Crippen LogP contribution >= 0.6 is 0 Å². The minimum Gasteiger partial charge on any atom is -0.399 e. The maximum absolute atomic E-state index is 10.4. The maximum Gasteiger partial charge on any atom is 0.106 e. The van der Waals surface area contributed by atoms with Crippen LogP contribution < -0.4 is 0 Å². The molecule has 0 saturated heterocycles. The van der Waals surface area contributed by atoms with E-state index >= 15 is 0 Å². The summed E-state index contributed by atoms with van der Waals surface area (Å²) in [5.74, 6) is 4.36. The fourth-order valence-electron chi connectivity index (χ4n) is 8.17. The summed E-state index contributed by atoms with van der Waals surface area (Å²) >= 11 is 0. The molecule has 9 atom stereocenters. The van der Waals surface area contributed by atoms with Gasteiger partial charge in [0.2, 0.25) is 0 Å². The van der Waals surface area contributed by atoms with Crippen LogP contribution in [0.25, 0.3) is 0 Å². The molecule has 0 bridgehead atoms. The first-order chi connectivity index (χ1) is 15.1. The normalized spacial score (nSPS) is 44.7. The monoisotopic (exact) mass is 441 g/mol. The second-order valence-corrected chi connectivity index (χ2v) is 12.5. The second-order valence-electron chi connectivity index (χ2n) is 12.5. The minimum absolute atomic E-state index is 0.198. The van der Waals surface area contributed by atoms with Gasteiger partial charge < -0.3 is 9.94 Å². The molecular weight excluding hydrogens is 394 g/mol. The summed E-state index contributed by atoms with van der Waals surface area (Å²) in [6, 6.07) is 0. The van der Waals surface area contributed by atoms with Crippen LogP contribution in [0.5, 0.6) is 0 Å². The van der Waals surface area contributed by atoms with Crippen molar-refractivity contribution in [2.45, 2.75) is 92.6 Å². The largest absolute Gasteiger partial charge is 0.399 e. The van der Waals surface area contributed by atoms with Gasteiger partial charge in [-0.3, -0.25) is 0 Å². The average molecular weight is 442 g/mol. The van der Waals surface area contributed by atoms with Crippen LogP contribution in [0.3, 0.4) is 0 Å². The van der Waals surface area contributed by atoms with Crippen molar-refractivity contribution in [3.63, 3.8) is 0 Å². The number of hydrogen-bond donors (Lipinski definition) is 1. The van der Waals surface area contributed by atoms with Crippen molar-refractivity contribution in [1.29, 1.82) is 0 Å². The molecule has 4 aliphatic rings. The van der Waals surface area contributed by atoms with Crippen molar-refractivity contribution < 1.29 is 9.94 Å². The summed E-state index contributed by atoms with van der Waals surface area (Å²) in [5.41, 5.74) is 3.34. The summed E-state index contributed by atoms with van der Waals surface area (Å²) in [6.07, 6.45) is 15.4. The molecule has 3 heteroatoms. The van der Waals surface area contributed by atoms with Gasteiger partial charge in [-0.15, -0.1) is 0 Å². The number of nitrogens with zero attached hydrogens (tertiary/aromatic N) is 1. The highest BCUT2D eigenvalue weighted by molar-refractivity contribution is 5.99. The lowest BCUT2D eigenvalue weighted by Gasteiger charge is -2.57. The highest BCUT2D eigenvalue weighted by Crippen LogP contribution is 2.66. The van der Waals surface area contributed by atoms with E-state index in [2.05, 4.69) is 64.9 Å². The van der Waals surface area contributed by atoms with Crippen molar-refractivity contribution in [1.82, 2.24) is 0 Å². The molecule has 0 aliphatic heterocycles. The zero-order chi connectivity index (χ0) is 23.3. The summed E-state index contributed by atoms with van der Waals surface area (Å²) in [5, 5.41) is 14.9. The van der Waals surface area contributed by atoms with Crippen LogP contribution in [0.2, 0.25) is 0 Å². The van der Waals surface area contributed by atoms with Crippen LogP contribution in [-0.2, 0) is 4.84 Å². The Kier molecular flexibility index (Phi) is 6.71. The van der Waals surface area contributed by atoms with Crippen molar-refractivity contribution in [3.05, 3.63) is 23.8 Å². The van der Waals surface area contributed by atoms with Crippen molar-refractivity contribution >= 4 is 5.71 Å². The maximum atomic E-state index is 10.4. The van der Waals surface area contributed by atoms with Gasteiger partial charge in [-0.05, 0) is 97.4 Å². The molecule has 0 radical (unpaired) electrons. The Labute approximate surface area is 196 Å². The standard InChI is InChI=1S/C29H47NO2/c1-18(2)19(3)8-9-20(4)23-10-11-24-22-17-27(30-32-7)26-16-21(31)12-14-29(26,6)25(22)13-15-28(23,24)5/h8-9,17-21,23-26,31H,10-16H2,1-7H3/b9-8+,30-27+. The van der Waals surface area contributed by atoms with E-state index in [1.54, 1.807) is 12.7 Å². The lowest BCUT2D eigenvalue weighted by molar-refractivity contribution is -0.0160. The Morgan fingerprint density at radius 1 is 0.969 bits per heavy atom. The predicted octanol–water partition coefficient (Wildman–Crippen LogP) is 7.02. The number of aliphatic hydroxyl groups is 1. The first-order valence-corrected chi connectivity index (χ1v) is 13.3. The van der Waals surface area contributed by atoms with Gasteiger partial charge in [0, 0.05) is 5.92 Å². The van der Waals surface area contributed by atoms with E-state index < -0.39 is 0 Å². The van der Waals surface area contributed by atoms with E-state index in [0.717, 1.165) is 30.9 Å². The third kappa shape index (κ3) is 3.91. The Balaban J connectivity index is 1.64. The van der Waals surface area contributed by atoms with E-state index in [0.29, 0.717) is 40.9 Å². The molecule has 9 unspecified atom stereocenters. The minimum atomic E-state index is -0.198. The van der Waals surface area contributed by atoms with Gasteiger partial charge in [-0.25, -0.2) is 0 Å².